The van der Waals surface area contributed by atoms with Crippen LogP contribution < -0.4 is 4.74 Å². The maximum absolute atomic E-state index is 5.68. The molecule has 1 nitrogen and oxygen atoms in total. The van der Waals surface area contributed by atoms with Crippen LogP contribution in [0.25, 0.3) is 0 Å². The van der Waals surface area contributed by atoms with Crippen LogP contribution in [-0.4, -0.2) is 6.61 Å². The molecule has 1 saturated carbocycles. The van der Waals surface area contributed by atoms with Crippen molar-refractivity contribution in [1.82, 2.24) is 0 Å². The molecule has 0 unspecified atom stereocenters. The molecule has 2 rings (SSSR count). The summed E-state index contributed by atoms with van der Waals surface area (Å²) in [6.45, 7) is 2.79. The molecule has 2 heteroatoms. The quantitative estimate of drug-likeness (QED) is 0.784. The minimum absolute atomic E-state index is 0.712. The summed E-state index contributed by atoms with van der Waals surface area (Å²) in [7, 11) is 0. The van der Waals surface area contributed by atoms with Crippen LogP contribution in [-0.2, 0) is 0 Å². The lowest BCUT2D eigenvalue weighted by atomic mass is 9.97. The standard InChI is InChI=1S/C13H17BrO/c1-2-15-13-8-7-11(14)9-12(13)10-5-3-4-6-10/h7-10H,2-6H2,1H3. The lowest BCUT2D eigenvalue weighted by Crippen LogP contribution is -2.00. The van der Waals surface area contributed by atoms with Crippen LogP contribution >= 0.6 is 15.9 Å². The smallest absolute Gasteiger partial charge is 0.122 e. The van der Waals surface area contributed by atoms with Crippen molar-refractivity contribution in [3.05, 3.63) is 28.2 Å². The molecule has 1 aromatic carbocycles. The second-order valence-electron chi connectivity index (χ2n) is 4.10. The minimum Gasteiger partial charge on any atom is -0.494 e. The van der Waals surface area contributed by atoms with Crippen molar-refractivity contribution >= 4 is 15.9 Å². The summed E-state index contributed by atoms with van der Waals surface area (Å²) >= 11 is 3.54. The Labute approximate surface area is 100.0 Å². The third-order valence-corrected chi connectivity index (χ3v) is 3.56. The maximum atomic E-state index is 5.68. The van der Waals surface area contributed by atoms with Crippen molar-refractivity contribution < 1.29 is 4.74 Å². The molecule has 0 aliphatic heterocycles. The normalized spacial score (nSPS) is 16.9. The number of rotatable bonds is 3. The van der Waals surface area contributed by atoms with E-state index in [9.17, 15) is 0 Å². The van der Waals surface area contributed by atoms with Crippen molar-refractivity contribution in [3.63, 3.8) is 0 Å². The Morgan fingerprint density at radius 1 is 1.33 bits per heavy atom. The van der Waals surface area contributed by atoms with Gasteiger partial charge in [-0.25, -0.2) is 0 Å². The molecule has 0 amide bonds. The van der Waals surface area contributed by atoms with Gasteiger partial charge in [-0.3, -0.25) is 0 Å². The van der Waals surface area contributed by atoms with E-state index in [1.807, 2.05) is 6.92 Å². The van der Waals surface area contributed by atoms with Gasteiger partial charge in [-0.1, -0.05) is 28.8 Å². The first-order valence-electron chi connectivity index (χ1n) is 5.73. The Kier molecular flexibility index (Phi) is 3.68. The fourth-order valence-electron chi connectivity index (χ4n) is 2.36. The highest BCUT2D eigenvalue weighted by molar-refractivity contribution is 9.10. The number of halogens is 1. The van der Waals surface area contributed by atoms with E-state index < -0.39 is 0 Å². The van der Waals surface area contributed by atoms with Crippen LogP contribution in [0.2, 0.25) is 0 Å². The molecule has 1 fully saturated rings. The molecule has 15 heavy (non-hydrogen) atoms. The maximum Gasteiger partial charge on any atom is 0.122 e. The molecule has 82 valence electrons. The van der Waals surface area contributed by atoms with Crippen LogP contribution in [0.1, 0.15) is 44.1 Å². The SMILES string of the molecule is CCOc1ccc(Br)cc1C1CCCC1. The number of hydrogen-bond acceptors (Lipinski definition) is 1. The lowest BCUT2D eigenvalue weighted by Gasteiger charge is -2.15. The van der Waals surface area contributed by atoms with Gasteiger partial charge in [0.15, 0.2) is 0 Å². The molecule has 0 saturated heterocycles. The van der Waals surface area contributed by atoms with Gasteiger partial charge in [0.1, 0.15) is 5.75 Å². The van der Waals surface area contributed by atoms with Crippen LogP contribution in [0.3, 0.4) is 0 Å². The zero-order valence-electron chi connectivity index (χ0n) is 9.13. The molecule has 0 aromatic heterocycles. The van der Waals surface area contributed by atoms with Crippen LogP contribution in [0.15, 0.2) is 22.7 Å². The largest absolute Gasteiger partial charge is 0.494 e. The van der Waals surface area contributed by atoms with Gasteiger partial charge < -0.3 is 4.74 Å². The van der Waals surface area contributed by atoms with E-state index in [0.717, 1.165) is 16.8 Å². The van der Waals surface area contributed by atoms with Crippen LogP contribution in [0.4, 0.5) is 0 Å². The van der Waals surface area contributed by atoms with E-state index in [2.05, 4.69) is 34.1 Å². The van der Waals surface area contributed by atoms with Gasteiger partial charge in [0, 0.05) is 4.47 Å². The van der Waals surface area contributed by atoms with E-state index in [0.29, 0.717) is 5.92 Å². The Morgan fingerprint density at radius 2 is 2.07 bits per heavy atom. The highest BCUT2D eigenvalue weighted by atomic mass is 79.9. The molecule has 0 bridgehead atoms. The van der Waals surface area contributed by atoms with E-state index >= 15 is 0 Å². The summed E-state index contributed by atoms with van der Waals surface area (Å²) in [5, 5.41) is 0. The van der Waals surface area contributed by atoms with Crippen molar-refractivity contribution in [2.75, 3.05) is 6.61 Å². The number of ether oxygens (including phenoxy) is 1. The van der Waals surface area contributed by atoms with Gasteiger partial charge in [0.25, 0.3) is 0 Å². The summed E-state index contributed by atoms with van der Waals surface area (Å²) in [5.74, 6) is 1.79. The molecule has 1 aromatic rings. The summed E-state index contributed by atoms with van der Waals surface area (Å²) < 4.78 is 6.84. The Balaban J connectivity index is 2.28. The van der Waals surface area contributed by atoms with E-state index in [-0.39, 0.29) is 0 Å². The Hall–Kier alpha value is -0.500. The second kappa shape index (κ2) is 5.02. The molecule has 0 radical (unpaired) electrons. The molecule has 1 aliphatic carbocycles. The van der Waals surface area contributed by atoms with Crippen molar-refractivity contribution in [2.24, 2.45) is 0 Å². The van der Waals surface area contributed by atoms with Gasteiger partial charge in [-0.15, -0.1) is 0 Å². The predicted octanol–water partition coefficient (Wildman–Crippen LogP) is 4.51. The van der Waals surface area contributed by atoms with Crippen molar-refractivity contribution in [3.8, 4) is 5.75 Å². The first-order valence-corrected chi connectivity index (χ1v) is 6.53. The van der Waals surface area contributed by atoms with E-state index in [1.54, 1.807) is 0 Å². The summed E-state index contributed by atoms with van der Waals surface area (Å²) in [6, 6.07) is 6.37. The first kappa shape index (κ1) is 11.0. The van der Waals surface area contributed by atoms with Gasteiger partial charge in [0.05, 0.1) is 6.61 Å². The molecule has 1 aliphatic rings. The summed E-state index contributed by atoms with van der Waals surface area (Å²) in [6.07, 6.45) is 5.36. The van der Waals surface area contributed by atoms with E-state index in [4.69, 9.17) is 4.74 Å². The summed E-state index contributed by atoms with van der Waals surface area (Å²) in [4.78, 5) is 0. The van der Waals surface area contributed by atoms with Gasteiger partial charge in [-0.2, -0.15) is 0 Å². The van der Waals surface area contributed by atoms with Crippen LogP contribution in [0.5, 0.6) is 5.75 Å². The fraction of sp³-hybridized carbons (Fsp3) is 0.538. The van der Waals surface area contributed by atoms with Crippen LogP contribution in [0, 0.1) is 0 Å². The van der Waals surface area contributed by atoms with E-state index in [1.165, 1.54) is 31.2 Å². The second-order valence-corrected chi connectivity index (χ2v) is 5.01. The van der Waals surface area contributed by atoms with Gasteiger partial charge in [-0.05, 0) is 49.4 Å². The van der Waals surface area contributed by atoms with Crippen molar-refractivity contribution in [1.29, 1.82) is 0 Å². The number of hydrogen-bond donors (Lipinski definition) is 0. The molecule has 0 atom stereocenters. The number of benzene rings is 1. The molecule has 0 spiro atoms. The highest BCUT2D eigenvalue weighted by Crippen LogP contribution is 2.39. The third-order valence-electron chi connectivity index (χ3n) is 3.07. The molecular formula is C13H17BrO. The third kappa shape index (κ3) is 2.54. The predicted molar refractivity (Wildman–Crippen MR) is 66.5 cm³/mol. The first-order chi connectivity index (χ1) is 7.31. The Morgan fingerprint density at radius 3 is 2.73 bits per heavy atom. The average molecular weight is 269 g/mol. The van der Waals surface area contributed by atoms with Crippen molar-refractivity contribution in [2.45, 2.75) is 38.5 Å². The fourth-order valence-corrected chi connectivity index (χ4v) is 2.74. The molecular weight excluding hydrogens is 252 g/mol. The van der Waals surface area contributed by atoms with Gasteiger partial charge >= 0.3 is 0 Å². The lowest BCUT2D eigenvalue weighted by molar-refractivity contribution is 0.334. The summed E-state index contributed by atoms with van der Waals surface area (Å²) in [5.41, 5.74) is 1.39. The average Bonchev–Trinajstić information content (AvgIpc) is 2.74. The molecule has 0 heterocycles. The zero-order valence-corrected chi connectivity index (χ0v) is 10.7. The zero-order chi connectivity index (χ0) is 10.7. The molecule has 0 N–H and O–H groups in total. The highest BCUT2D eigenvalue weighted by Gasteiger charge is 2.20. The Bertz CT molecular complexity index is 329. The minimum atomic E-state index is 0.712. The monoisotopic (exact) mass is 268 g/mol. The van der Waals surface area contributed by atoms with Gasteiger partial charge in [0.2, 0.25) is 0 Å². The topological polar surface area (TPSA) is 9.23 Å².